The molecule has 37 heavy (non-hydrogen) atoms. The van der Waals surface area contributed by atoms with Crippen LogP contribution in [0.25, 0.3) is 38.9 Å². The molecule has 0 radical (unpaired) electrons. The summed E-state index contributed by atoms with van der Waals surface area (Å²) in [5.41, 5.74) is 5.27. The molecule has 0 aliphatic carbocycles. The molecule has 0 N–H and O–H groups in total. The lowest BCUT2D eigenvalue weighted by atomic mass is 10.0. The van der Waals surface area contributed by atoms with Crippen molar-refractivity contribution < 1.29 is 4.74 Å². The van der Waals surface area contributed by atoms with E-state index in [1.54, 1.807) is 6.20 Å². The summed E-state index contributed by atoms with van der Waals surface area (Å²) in [4.78, 5) is 16.6. The number of halogens is 1. The molecule has 1 aliphatic heterocycles. The van der Waals surface area contributed by atoms with Crippen LogP contribution in [0.4, 0.5) is 0 Å². The first-order valence-electron chi connectivity index (χ1n) is 12.7. The third-order valence-electron chi connectivity index (χ3n) is 6.82. The number of aromatic nitrogens is 5. The van der Waals surface area contributed by atoms with Crippen LogP contribution in [0.15, 0.2) is 67.3 Å². The van der Waals surface area contributed by atoms with E-state index < -0.39 is 0 Å². The van der Waals surface area contributed by atoms with Crippen LogP contribution in [-0.4, -0.2) is 54.7 Å². The van der Waals surface area contributed by atoms with Crippen molar-refractivity contribution in [3.05, 3.63) is 71.0 Å². The predicted molar refractivity (Wildman–Crippen MR) is 155 cm³/mol. The molecule has 4 aromatic heterocycles. The number of hydrogen-bond donors (Lipinski definition) is 0. The first kappa shape index (κ1) is 24.2. The van der Waals surface area contributed by atoms with Gasteiger partial charge in [-0.2, -0.15) is 5.10 Å². The largest absolute Gasteiger partial charge is 0.485 e. The van der Waals surface area contributed by atoms with Crippen LogP contribution in [0, 0.1) is 3.70 Å². The summed E-state index contributed by atoms with van der Waals surface area (Å²) in [5.74, 6) is 0.778. The van der Waals surface area contributed by atoms with E-state index in [9.17, 15) is 0 Å². The summed E-state index contributed by atoms with van der Waals surface area (Å²) >= 11 is 2.24. The summed E-state index contributed by atoms with van der Waals surface area (Å²) < 4.78 is 9.11. The Bertz CT molecular complexity index is 1560. The second-order valence-electron chi connectivity index (χ2n) is 10.3. The van der Waals surface area contributed by atoms with Crippen molar-refractivity contribution in [2.75, 3.05) is 19.6 Å². The van der Waals surface area contributed by atoms with Gasteiger partial charge in [-0.05, 0) is 98.3 Å². The third-order valence-corrected chi connectivity index (χ3v) is 7.42. The predicted octanol–water partition coefficient (Wildman–Crippen LogP) is 6.25. The molecule has 0 bridgehead atoms. The number of nitrogens with zero attached hydrogens (tertiary/aromatic N) is 6. The molecule has 5 heterocycles. The summed E-state index contributed by atoms with van der Waals surface area (Å²) in [6, 6.07) is 14.3. The Morgan fingerprint density at radius 1 is 0.919 bits per heavy atom. The maximum atomic E-state index is 6.32. The van der Waals surface area contributed by atoms with Gasteiger partial charge < -0.3 is 4.74 Å². The molecular formula is C29H29IN6O. The topological polar surface area (TPSA) is 68.4 Å². The van der Waals surface area contributed by atoms with Gasteiger partial charge in [0, 0.05) is 35.5 Å². The normalized spacial score (nSPS) is 14.9. The number of rotatable bonds is 6. The number of piperidine rings is 1. The van der Waals surface area contributed by atoms with Crippen LogP contribution in [0.1, 0.15) is 33.1 Å². The second kappa shape index (κ2) is 9.98. The lowest BCUT2D eigenvalue weighted by molar-refractivity contribution is 0.0517. The summed E-state index contributed by atoms with van der Waals surface area (Å²) in [6.07, 6.45) is 11.4. The van der Waals surface area contributed by atoms with Crippen LogP contribution < -0.4 is 4.74 Å². The van der Waals surface area contributed by atoms with Crippen molar-refractivity contribution in [1.29, 1.82) is 0 Å². The number of benzene rings is 1. The Morgan fingerprint density at radius 2 is 1.78 bits per heavy atom. The molecule has 6 rings (SSSR count). The van der Waals surface area contributed by atoms with Gasteiger partial charge in [0.05, 0.1) is 23.6 Å². The number of ether oxygens (including phenoxy) is 1. The van der Waals surface area contributed by atoms with E-state index in [1.165, 1.54) is 19.3 Å². The van der Waals surface area contributed by atoms with E-state index in [1.807, 2.05) is 53.4 Å². The van der Waals surface area contributed by atoms with Gasteiger partial charge in [0.25, 0.3) is 0 Å². The zero-order chi connectivity index (χ0) is 25.4. The molecule has 1 aromatic carbocycles. The van der Waals surface area contributed by atoms with E-state index in [4.69, 9.17) is 9.72 Å². The van der Waals surface area contributed by atoms with Gasteiger partial charge in [0.15, 0.2) is 5.65 Å². The molecule has 0 spiro atoms. The fourth-order valence-corrected chi connectivity index (χ4v) is 5.62. The molecule has 0 amide bonds. The Hall–Kier alpha value is -3.11. The molecule has 1 fully saturated rings. The smallest absolute Gasteiger partial charge is 0.162 e. The first-order chi connectivity index (χ1) is 17.9. The van der Waals surface area contributed by atoms with Gasteiger partial charge in [-0.1, -0.05) is 18.6 Å². The van der Waals surface area contributed by atoms with Gasteiger partial charge in [-0.15, -0.1) is 0 Å². The molecule has 8 heteroatoms. The molecular weight excluding hydrogens is 575 g/mol. The Labute approximate surface area is 230 Å². The average molecular weight is 604 g/mol. The molecule has 0 saturated carbocycles. The lowest BCUT2D eigenvalue weighted by Crippen LogP contribution is -2.44. The summed E-state index contributed by atoms with van der Waals surface area (Å²) in [6.45, 7) is 7.53. The van der Waals surface area contributed by atoms with Gasteiger partial charge in [0.1, 0.15) is 15.1 Å². The average Bonchev–Trinajstić information content (AvgIpc) is 3.32. The minimum atomic E-state index is -0.276. The van der Waals surface area contributed by atoms with E-state index in [2.05, 4.69) is 68.5 Å². The molecule has 188 valence electrons. The summed E-state index contributed by atoms with van der Waals surface area (Å²) in [7, 11) is 0. The molecule has 7 nitrogen and oxygen atoms in total. The maximum Gasteiger partial charge on any atom is 0.162 e. The van der Waals surface area contributed by atoms with Crippen molar-refractivity contribution >= 4 is 39.1 Å². The van der Waals surface area contributed by atoms with Gasteiger partial charge in [-0.25, -0.2) is 14.5 Å². The standard InChI is InChI=1S/C29H29IN6O/c1-29(2,19-35-13-4-3-5-14-35)37-21-9-11-25(31-16-21)20-15-32-28-24(17-33-36(28)18-20)22-7-6-8-26-23(22)10-12-27(30)34-26/h6-12,15-18H,3-5,13-14,19H2,1-2H3. The molecule has 5 aromatic rings. The number of fused-ring (bicyclic) bond motifs is 2. The van der Waals surface area contributed by atoms with Gasteiger partial charge >= 0.3 is 0 Å². The zero-order valence-corrected chi connectivity index (χ0v) is 23.2. The Balaban J connectivity index is 1.23. The summed E-state index contributed by atoms with van der Waals surface area (Å²) in [5, 5.41) is 5.69. The minimum absolute atomic E-state index is 0.276. The molecule has 0 atom stereocenters. The highest BCUT2D eigenvalue weighted by Crippen LogP contribution is 2.31. The van der Waals surface area contributed by atoms with E-state index in [0.717, 1.165) is 68.0 Å². The maximum absolute atomic E-state index is 6.32. The molecule has 0 unspecified atom stereocenters. The second-order valence-corrected chi connectivity index (χ2v) is 11.4. The fourth-order valence-electron chi connectivity index (χ4n) is 5.18. The van der Waals surface area contributed by atoms with Crippen molar-refractivity contribution in [2.24, 2.45) is 0 Å². The lowest BCUT2D eigenvalue weighted by Gasteiger charge is -2.35. The Morgan fingerprint density at radius 3 is 2.59 bits per heavy atom. The highest BCUT2D eigenvalue weighted by molar-refractivity contribution is 14.1. The fraction of sp³-hybridized carbons (Fsp3) is 0.310. The van der Waals surface area contributed by atoms with E-state index in [0.29, 0.717) is 0 Å². The number of hydrogen-bond acceptors (Lipinski definition) is 6. The van der Waals surface area contributed by atoms with E-state index >= 15 is 0 Å². The zero-order valence-electron chi connectivity index (χ0n) is 21.1. The van der Waals surface area contributed by atoms with Gasteiger partial charge in [-0.3, -0.25) is 9.88 Å². The van der Waals surface area contributed by atoms with E-state index in [-0.39, 0.29) is 5.60 Å². The van der Waals surface area contributed by atoms with Crippen molar-refractivity contribution in [3.63, 3.8) is 0 Å². The van der Waals surface area contributed by atoms with Crippen molar-refractivity contribution in [1.82, 2.24) is 29.5 Å². The van der Waals surface area contributed by atoms with Crippen LogP contribution in [0.3, 0.4) is 0 Å². The van der Waals surface area contributed by atoms with Crippen LogP contribution in [0.2, 0.25) is 0 Å². The minimum Gasteiger partial charge on any atom is -0.485 e. The number of pyridine rings is 2. The quantitative estimate of drug-likeness (QED) is 0.169. The molecule has 1 aliphatic rings. The van der Waals surface area contributed by atoms with Crippen LogP contribution in [0.5, 0.6) is 5.75 Å². The van der Waals surface area contributed by atoms with Crippen LogP contribution in [-0.2, 0) is 0 Å². The van der Waals surface area contributed by atoms with Crippen LogP contribution >= 0.6 is 22.6 Å². The van der Waals surface area contributed by atoms with Gasteiger partial charge in [0.2, 0.25) is 0 Å². The molecule has 1 saturated heterocycles. The number of likely N-dealkylation sites (tertiary alicyclic amines) is 1. The Kier molecular flexibility index (Phi) is 6.54. The highest BCUT2D eigenvalue weighted by atomic mass is 127. The SMILES string of the molecule is CC(C)(CN1CCCCC1)Oc1ccc(-c2cnc3c(-c4cccc5nc(I)ccc45)cnn3c2)nc1. The first-order valence-corrected chi connectivity index (χ1v) is 13.8. The third kappa shape index (κ3) is 5.17. The van der Waals surface area contributed by atoms with Crippen molar-refractivity contribution in [3.8, 4) is 28.1 Å². The highest BCUT2D eigenvalue weighted by Gasteiger charge is 2.25. The van der Waals surface area contributed by atoms with Crippen molar-refractivity contribution in [2.45, 2.75) is 38.7 Å². The monoisotopic (exact) mass is 604 g/mol.